The molecular formula is C16H19N3O2S. The van der Waals surface area contributed by atoms with Gasteiger partial charge in [-0.05, 0) is 37.6 Å². The molecule has 22 heavy (non-hydrogen) atoms. The molecule has 0 bridgehead atoms. The highest BCUT2D eigenvalue weighted by atomic mass is 32.1. The summed E-state index contributed by atoms with van der Waals surface area (Å²) in [6.07, 6.45) is 0. The van der Waals surface area contributed by atoms with E-state index in [9.17, 15) is 9.59 Å². The topological polar surface area (TPSA) is 84.2 Å². The van der Waals surface area contributed by atoms with Crippen LogP contribution in [0.15, 0.2) is 30.3 Å². The van der Waals surface area contributed by atoms with Crippen molar-refractivity contribution < 1.29 is 9.59 Å². The first-order valence-corrected chi connectivity index (χ1v) is 7.80. The second kappa shape index (κ2) is 7.20. The van der Waals surface area contributed by atoms with Crippen LogP contribution >= 0.6 is 11.3 Å². The lowest BCUT2D eigenvalue weighted by Crippen LogP contribution is -2.29. The van der Waals surface area contributed by atoms with Crippen LogP contribution < -0.4 is 16.4 Å². The number of hydrogen-bond donors (Lipinski definition) is 3. The summed E-state index contributed by atoms with van der Waals surface area (Å²) in [5.74, 6) is -0.458. The van der Waals surface area contributed by atoms with E-state index < -0.39 is 0 Å². The molecule has 1 heterocycles. The summed E-state index contributed by atoms with van der Waals surface area (Å²) in [5, 5.41) is 5.51. The molecule has 0 aliphatic rings. The number of benzene rings is 1. The van der Waals surface area contributed by atoms with Gasteiger partial charge in [-0.2, -0.15) is 0 Å². The van der Waals surface area contributed by atoms with Crippen LogP contribution in [0.5, 0.6) is 0 Å². The maximum Gasteiger partial charge on any atom is 0.265 e. The van der Waals surface area contributed by atoms with Gasteiger partial charge in [-0.3, -0.25) is 9.59 Å². The minimum absolute atomic E-state index is 0.208. The Morgan fingerprint density at radius 2 is 1.91 bits per heavy atom. The smallest absolute Gasteiger partial charge is 0.265 e. The van der Waals surface area contributed by atoms with Crippen molar-refractivity contribution in [2.45, 2.75) is 13.8 Å². The van der Waals surface area contributed by atoms with Crippen LogP contribution in [-0.2, 0) is 0 Å². The Hall–Kier alpha value is -2.18. The number of anilines is 1. The zero-order valence-electron chi connectivity index (χ0n) is 12.6. The molecule has 1 aromatic heterocycles. The van der Waals surface area contributed by atoms with Crippen LogP contribution in [0, 0.1) is 13.8 Å². The van der Waals surface area contributed by atoms with E-state index in [2.05, 4.69) is 10.6 Å². The van der Waals surface area contributed by atoms with Crippen molar-refractivity contribution in [3.63, 3.8) is 0 Å². The van der Waals surface area contributed by atoms with Gasteiger partial charge in [0.05, 0.1) is 16.1 Å². The van der Waals surface area contributed by atoms with Crippen molar-refractivity contribution in [1.29, 1.82) is 0 Å². The van der Waals surface area contributed by atoms with E-state index in [1.807, 2.05) is 19.9 Å². The molecule has 0 saturated carbocycles. The first-order chi connectivity index (χ1) is 10.5. The van der Waals surface area contributed by atoms with Gasteiger partial charge in [0.25, 0.3) is 11.8 Å². The third-order valence-corrected chi connectivity index (χ3v) is 4.39. The van der Waals surface area contributed by atoms with Crippen molar-refractivity contribution in [2.75, 3.05) is 18.4 Å². The molecule has 116 valence electrons. The molecule has 0 atom stereocenters. The minimum atomic E-state index is -0.250. The summed E-state index contributed by atoms with van der Waals surface area (Å²) in [5.41, 5.74) is 7.39. The number of nitrogens with one attached hydrogen (secondary N) is 2. The molecule has 0 aliphatic heterocycles. The lowest BCUT2D eigenvalue weighted by atomic mass is 10.1. The number of carbonyl (C=O) groups is 2. The number of para-hydroxylation sites is 1. The van der Waals surface area contributed by atoms with Crippen molar-refractivity contribution in [3.05, 3.63) is 51.2 Å². The minimum Gasteiger partial charge on any atom is -0.351 e. The van der Waals surface area contributed by atoms with E-state index in [-0.39, 0.29) is 11.8 Å². The fourth-order valence-corrected chi connectivity index (χ4v) is 2.87. The van der Waals surface area contributed by atoms with Gasteiger partial charge >= 0.3 is 0 Å². The standard InChI is InChI=1S/C16H19N3O2S/c1-10-9-14(22-11(10)2)16(21)19-13-6-4-3-5-12(13)15(20)18-8-7-17/h3-6,9H,7-8,17H2,1-2H3,(H,18,20)(H,19,21). The Balaban J connectivity index is 2.19. The number of thiophene rings is 1. The molecular weight excluding hydrogens is 298 g/mol. The summed E-state index contributed by atoms with van der Waals surface area (Å²) in [6.45, 7) is 4.71. The largest absolute Gasteiger partial charge is 0.351 e. The molecule has 2 rings (SSSR count). The van der Waals surface area contributed by atoms with Crippen LogP contribution in [0.1, 0.15) is 30.5 Å². The van der Waals surface area contributed by atoms with Gasteiger partial charge in [-0.25, -0.2) is 0 Å². The molecule has 1 aromatic carbocycles. The average molecular weight is 317 g/mol. The summed E-state index contributed by atoms with van der Waals surface area (Å²) < 4.78 is 0. The predicted molar refractivity (Wildman–Crippen MR) is 89.6 cm³/mol. The van der Waals surface area contributed by atoms with E-state index >= 15 is 0 Å². The number of aryl methyl sites for hydroxylation is 2. The normalized spacial score (nSPS) is 10.3. The number of rotatable bonds is 5. The molecule has 0 unspecified atom stereocenters. The molecule has 5 nitrogen and oxygen atoms in total. The van der Waals surface area contributed by atoms with Crippen molar-refractivity contribution in [3.8, 4) is 0 Å². The summed E-state index contributed by atoms with van der Waals surface area (Å²) in [6, 6.07) is 8.77. The highest BCUT2D eigenvalue weighted by Crippen LogP contribution is 2.23. The Bertz CT molecular complexity index is 675. The van der Waals surface area contributed by atoms with Gasteiger partial charge < -0.3 is 16.4 Å². The lowest BCUT2D eigenvalue weighted by Gasteiger charge is -2.10. The second-order valence-electron chi connectivity index (χ2n) is 4.89. The monoisotopic (exact) mass is 317 g/mol. The van der Waals surface area contributed by atoms with E-state index in [1.165, 1.54) is 11.3 Å². The van der Waals surface area contributed by atoms with Crippen LogP contribution in [0.25, 0.3) is 0 Å². The predicted octanol–water partition coefficient (Wildman–Crippen LogP) is 2.31. The Morgan fingerprint density at radius 3 is 2.55 bits per heavy atom. The molecule has 4 N–H and O–H groups in total. The van der Waals surface area contributed by atoms with Crippen molar-refractivity contribution >= 4 is 28.8 Å². The first-order valence-electron chi connectivity index (χ1n) is 6.98. The molecule has 6 heteroatoms. The average Bonchev–Trinajstić information content (AvgIpc) is 2.85. The molecule has 0 spiro atoms. The van der Waals surface area contributed by atoms with Crippen LogP contribution in [0.3, 0.4) is 0 Å². The highest BCUT2D eigenvalue weighted by molar-refractivity contribution is 7.14. The van der Waals surface area contributed by atoms with E-state index in [1.54, 1.807) is 24.3 Å². The highest BCUT2D eigenvalue weighted by Gasteiger charge is 2.15. The SMILES string of the molecule is Cc1cc(C(=O)Nc2ccccc2C(=O)NCCN)sc1C. The van der Waals surface area contributed by atoms with Crippen molar-refractivity contribution in [1.82, 2.24) is 5.32 Å². The van der Waals surface area contributed by atoms with Gasteiger partial charge in [0.15, 0.2) is 0 Å². The fraction of sp³-hybridized carbons (Fsp3) is 0.250. The lowest BCUT2D eigenvalue weighted by molar-refractivity contribution is 0.0955. The van der Waals surface area contributed by atoms with Gasteiger partial charge in [0, 0.05) is 18.0 Å². The van der Waals surface area contributed by atoms with E-state index in [0.29, 0.717) is 29.2 Å². The van der Waals surface area contributed by atoms with Gasteiger partial charge in [0.1, 0.15) is 0 Å². The molecule has 0 radical (unpaired) electrons. The Kier molecular flexibility index (Phi) is 5.30. The number of amides is 2. The third kappa shape index (κ3) is 3.72. The van der Waals surface area contributed by atoms with Crippen LogP contribution in [-0.4, -0.2) is 24.9 Å². The summed E-state index contributed by atoms with van der Waals surface area (Å²) in [7, 11) is 0. The summed E-state index contributed by atoms with van der Waals surface area (Å²) in [4.78, 5) is 26.1. The zero-order valence-corrected chi connectivity index (χ0v) is 13.4. The molecule has 0 saturated heterocycles. The maximum absolute atomic E-state index is 12.3. The molecule has 0 fully saturated rings. The van der Waals surface area contributed by atoms with Gasteiger partial charge in [0.2, 0.25) is 0 Å². The zero-order chi connectivity index (χ0) is 16.1. The van der Waals surface area contributed by atoms with Crippen molar-refractivity contribution in [2.24, 2.45) is 5.73 Å². The fourth-order valence-electron chi connectivity index (χ4n) is 1.94. The quantitative estimate of drug-likeness (QED) is 0.791. The van der Waals surface area contributed by atoms with Gasteiger partial charge in [-0.1, -0.05) is 12.1 Å². The summed E-state index contributed by atoms with van der Waals surface area (Å²) >= 11 is 1.44. The second-order valence-corrected chi connectivity index (χ2v) is 6.15. The van der Waals surface area contributed by atoms with Gasteiger partial charge in [-0.15, -0.1) is 11.3 Å². The molecule has 0 aliphatic carbocycles. The number of hydrogen-bond acceptors (Lipinski definition) is 4. The Labute approximate surface area is 133 Å². The molecule has 2 amide bonds. The third-order valence-electron chi connectivity index (χ3n) is 3.24. The molecule has 2 aromatic rings. The number of carbonyl (C=O) groups excluding carboxylic acids is 2. The van der Waals surface area contributed by atoms with E-state index in [4.69, 9.17) is 5.73 Å². The number of nitrogens with two attached hydrogens (primary N) is 1. The first kappa shape index (κ1) is 16.2. The Morgan fingerprint density at radius 1 is 1.18 bits per heavy atom. The van der Waals surface area contributed by atoms with E-state index in [0.717, 1.165) is 10.4 Å². The maximum atomic E-state index is 12.3. The van der Waals surface area contributed by atoms with Crippen LogP contribution in [0.2, 0.25) is 0 Å². The van der Waals surface area contributed by atoms with Crippen LogP contribution in [0.4, 0.5) is 5.69 Å².